The molecule has 0 unspecified atom stereocenters. The Morgan fingerprint density at radius 1 is 1.38 bits per heavy atom. The van der Waals surface area contributed by atoms with Gasteiger partial charge in [-0.3, -0.25) is 14.2 Å². The van der Waals surface area contributed by atoms with E-state index in [9.17, 15) is 9.59 Å². The third-order valence-electron chi connectivity index (χ3n) is 4.55. The Balaban J connectivity index is 1.75. The molecule has 0 aliphatic carbocycles. The summed E-state index contributed by atoms with van der Waals surface area (Å²) < 4.78 is 7.07. The first-order valence-corrected chi connectivity index (χ1v) is 8.33. The number of amides is 1. The van der Waals surface area contributed by atoms with Gasteiger partial charge in [0.05, 0.1) is 36.0 Å². The highest BCUT2D eigenvalue weighted by Gasteiger charge is 2.27. The number of aryl methyl sites for hydroxylation is 2. The van der Waals surface area contributed by atoms with Crippen molar-refractivity contribution in [3.05, 3.63) is 40.4 Å². The maximum atomic E-state index is 12.6. The van der Waals surface area contributed by atoms with Gasteiger partial charge in [-0.2, -0.15) is 0 Å². The lowest BCUT2D eigenvalue weighted by Crippen LogP contribution is -2.50. The Hall–Kier alpha value is -2.21. The number of hydrogen-bond acceptors (Lipinski definition) is 4. The van der Waals surface area contributed by atoms with Crippen molar-refractivity contribution in [3.8, 4) is 0 Å². The summed E-state index contributed by atoms with van der Waals surface area (Å²) in [6.07, 6.45) is 1.88. The Labute approximate surface area is 141 Å². The maximum absolute atomic E-state index is 12.6. The van der Waals surface area contributed by atoms with E-state index in [1.54, 1.807) is 6.07 Å². The van der Waals surface area contributed by atoms with Crippen LogP contribution in [0.2, 0.25) is 0 Å². The molecule has 128 valence electrons. The van der Waals surface area contributed by atoms with Crippen LogP contribution in [0.4, 0.5) is 0 Å². The molecule has 2 heterocycles. The summed E-state index contributed by atoms with van der Waals surface area (Å²) in [5.41, 5.74) is 1.60. The molecule has 0 radical (unpaired) electrons. The van der Waals surface area contributed by atoms with Crippen LogP contribution in [0.1, 0.15) is 25.8 Å². The number of carbonyl (C=O) groups excluding carboxylic acids is 1. The molecule has 1 aromatic heterocycles. The van der Waals surface area contributed by atoms with Crippen LogP contribution in [0, 0.1) is 6.92 Å². The number of para-hydroxylation sites is 1. The van der Waals surface area contributed by atoms with E-state index in [2.05, 4.69) is 4.98 Å². The van der Waals surface area contributed by atoms with Crippen LogP contribution in [-0.2, 0) is 16.1 Å². The van der Waals surface area contributed by atoms with E-state index in [0.29, 0.717) is 25.1 Å². The molecule has 1 saturated heterocycles. The fraction of sp³-hybridized carbons (Fsp3) is 0.500. The highest BCUT2D eigenvalue weighted by Crippen LogP contribution is 2.14. The minimum atomic E-state index is -0.0973. The number of benzene rings is 1. The quantitative estimate of drug-likeness (QED) is 0.860. The highest BCUT2D eigenvalue weighted by atomic mass is 16.5. The number of carbonyl (C=O) groups is 1. The van der Waals surface area contributed by atoms with Gasteiger partial charge in [0.15, 0.2) is 0 Å². The van der Waals surface area contributed by atoms with E-state index >= 15 is 0 Å². The Bertz CT molecular complexity index is 815. The monoisotopic (exact) mass is 329 g/mol. The second-order valence-electron chi connectivity index (χ2n) is 6.50. The summed E-state index contributed by atoms with van der Waals surface area (Å²) in [5, 5.41) is 0.596. The lowest BCUT2D eigenvalue weighted by atomic mass is 10.1. The summed E-state index contributed by atoms with van der Waals surface area (Å²) in [7, 11) is 0. The van der Waals surface area contributed by atoms with E-state index in [4.69, 9.17) is 4.74 Å². The smallest absolute Gasteiger partial charge is 0.261 e. The van der Waals surface area contributed by atoms with Gasteiger partial charge in [0.25, 0.3) is 5.56 Å². The molecule has 0 bridgehead atoms. The first-order chi connectivity index (χ1) is 11.5. The highest BCUT2D eigenvalue weighted by molar-refractivity contribution is 5.80. The predicted octanol–water partition coefficient (Wildman–Crippen LogP) is 1.73. The van der Waals surface area contributed by atoms with E-state index < -0.39 is 0 Å². The van der Waals surface area contributed by atoms with Gasteiger partial charge in [-0.05, 0) is 32.4 Å². The molecule has 1 aliphatic rings. The summed E-state index contributed by atoms with van der Waals surface area (Å²) in [4.78, 5) is 31.3. The molecular weight excluding hydrogens is 306 g/mol. The van der Waals surface area contributed by atoms with E-state index in [0.717, 1.165) is 11.1 Å². The van der Waals surface area contributed by atoms with Gasteiger partial charge < -0.3 is 9.64 Å². The Morgan fingerprint density at radius 2 is 2.17 bits per heavy atom. The van der Waals surface area contributed by atoms with E-state index in [-0.39, 0.29) is 30.0 Å². The minimum Gasteiger partial charge on any atom is -0.375 e. The van der Waals surface area contributed by atoms with Gasteiger partial charge >= 0.3 is 0 Å². The Morgan fingerprint density at radius 3 is 2.96 bits per heavy atom. The number of morpholine rings is 1. The minimum absolute atomic E-state index is 0.0499. The van der Waals surface area contributed by atoms with Crippen LogP contribution >= 0.6 is 0 Å². The van der Waals surface area contributed by atoms with Gasteiger partial charge in [-0.15, -0.1) is 0 Å². The van der Waals surface area contributed by atoms with Crippen molar-refractivity contribution in [2.45, 2.75) is 45.9 Å². The van der Waals surface area contributed by atoms with Crippen molar-refractivity contribution >= 4 is 16.8 Å². The molecule has 2 aromatic rings. The summed E-state index contributed by atoms with van der Waals surface area (Å²) >= 11 is 0. The zero-order valence-electron chi connectivity index (χ0n) is 14.4. The average molecular weight is 329 g/mol. The summed E-state index contributed by atoms with van der Waals surface area (Å²) in [5.74, 6) is 0.0499. The van der Waals surface area contributed by atoms with Crippen LogP contribution in [0.3, 0.4) is 0 Å². The molecule has 6 nitrogen and oxygen atoms in total. The van der Waals surface area contributed by atoms with Crippen molar-refractivity contribution in [1.82, 2.24) is 14.5 Å². The molecule has 0 spiro atoms. The molecule has 1 aliphatic heterocycles. The molecule has 1 aromatic carbocycles. The standard InChI is InChI=1S/C18H23N3O3/c1-12-5-4-6-15-17(12)19-11-20(18(15)23)8-7-16(22)21-9-14(3)24-10-13(21)2/h4-6,11,13-14H,7-10H2,1-3H3/t13-,14-/m0/s1. The third kappa shape index (κ3) is 3.19. The normalized spacial score (nSPS) is 21.2. The molecular formula is C18H23N3O3. The van der Waals surface area contributed by atoms with E-state index in [1.807, 2.05) is 37.8 Å². The van der Waals surface area contributed by atoms with Crippen molar-refractivity contribution in [1.29, 1.82) is 0 Å². The van der Waals surface area contributed by atoms with Crippen LogP contribution < -0.4 is 5.56 Å². The summed E-state index contributed by atoms with van der Waals surface area (Å²) in [6, 6.07) is 5.64. The number of ether oxygens (including phenoxy) is 1. The fourth-order valence-corrected chi connectivity index (χ4v) is 3.11. The van der Waals surface area contributed by atoms with Crippen LogP contribution in [0.25, 0.3) is 10.9 Å². The van der Waals surface area contributed by atoms with Crippen molar-refractivity contribution in [2.75, 3.05) is 13.2 Å². The van der Waals surface area contributed by atoms with Crippen LogP contribution in [0.5, 0.6) is 0 Å². The predicted molar refractivity (Wildman–Crippen MR) is 91.9 cm³/mol. The molecule has 3 rings (SSSR count). The molecule has 1 fully saturated rings. The van der Waals surface area contributed by atoms with Crippen LogP contribution in [0.15, 0.2) is 29.3 Å². The molecule has 6 heteroatoms. The number of aromatic nitrogens is 2. The fourth-order valence-electron chi connectivity index (χ4n) is 3.11. The van der Waals surface area contributed by atoms with E-state index in [1.165, 1.54) is 10.9 Å². The van der Waals surface area contributed by atoms with Gasteiger partial charge in [-0.1, -0.05) is 12.1 Å². The van der Waals surface area contributed by atoms with Crippen molar-refractivity contribution in [2.24, 2.45) is 0 Å². The first-order valence-electron chi connectivity index (χ1n) is 8.33. The van der Waals surface area contributed by atoms with Crippen LogP contribution in [-0.4, -0.2) is 45.7 Å². The lowest BCUT2D eigenvalue weighted by molar-refractivity contribution is -0.143. The number of hydrogen-bond donors (Lipinski definition) is 0. The number of fused-ring (bicyclic) bond motifs is 1. The molecule has 24 heavy (non-hydrogen) atoms. The van der Waals surface area contributed by atoms with Crippen molar-refractivity contribution in [3.63, 3.8) is 0 Å². The van der Waals surface area contributed by atoms with Gasteiger partial charge in [0, 0.05) is 19.5 Å². The molecule has 1 amide bonds. The van der Waals surface area contributed by atoms with Gasteiger partial charge in [-0.25, -0.2) is 4.98 Å². The zero-order chi connectivity index (χ0) is 17.3. The lowest BCUT2D eigenvalue weighted by Gasteiger charge is -2.36. The second-order valence-corrected chi connectivity index (χ2v) is 6.50. The average Bonchev–Trinajstić information content (AvgIpc) is 2.57. The van der Waals surface area contributed by atoms with Crippen molar-refractivity contribution < 1.29 is 9.53 Å². The topological polar surface area (TPSA) is 64.4 Å². The van der Waals surface area contributed by atoms with Gasteiger partial charge in [0.1, 0.15) is 0 Å². The Kier molecular flexibility index (Phi) is 4.66. The number of rotatable bonds is 3. The molecule has 0 N–H and O–H groups in total. The van der Waals surface area contributed by atoms with Gasteiger partial charge in [0.2, 0.25) is 5.91 Å². The maximum Gasteiger partial charge on any atom is 0.261 e. The zero-order valence-corrected chi connectivity index (χ0v) is 14.4. The first kappa shape index (κ1) is 16.6. The number of nitrogens with zero attached hydrogens (tertiary/aromatic N) is 3. The molecule has 2 atom stereocenters. The largest absolute Gasteiger partial charge is 0.375 e. The SMILES string of the molecule is Cc1cccc2c(=O)n(CCC(=O)N3C[C@H](C)OC[C@@H]3C)cnc12. The third-order valence-corrected chi connectivity index (χ3v) is 4.55. The summed E-state index contributed by atoms with van der Waals surface area (Å²) in [6.45, 7) is 7.38. The molecule has 0 saturated carbocycles. The second kappa shape index (κ2) is 6.73.